The van der Waals surface area contributed by atoms with Crippen molar-refractivity contribution in [3.05, 3.63) is 12.1 Å². The van der Waals surface area contributed by atoms with Gasteiger partial charge in [-0.05, 0) is 12.8 Å². The zero-order valence-electron chi connectivity index (χ0n) is 9.83. The van der Waals surface area contributed by atoms with Gasteiger partial charge in [-0.3, -0.25) is 4.79 Å². The highest BCUT2D eigenvalue weighted by Gasteiger charge is 2.11. The third kappa shape index (κ3) is 4.36. The summed E-state index contributed by atoms with van der Waals surface area (Å²) in [7, 11) is 0. The van der Waals surface area contributed by atoms with Crippen LogP contribution >= 0.6 is 0 Å². The number of nitrogens with one attached hydrogen (secondary N) is 1. The summed E-state index contributed by atoms with van der Waals surface area (Å²) < 4.78 is 0.663. The van der Waals surface area contributed by atoms with E-state index < -0.39 is 5.97 Å². The Morgan fingerprint density at radius 3 is 2.56 bits per heavy atom. The molecule has 1 heterocycles. The summed E-state index contributed by atoms with van der Waals surface area (Å²) in [5.74, 6) is -1.22. The number of amides is 1. The van der Waals surface area contributed by atoms with Crippen LogP contribution in [0, 0.1) is 0 Å². The lowest BCUT2D eigenvalue weighted by Crippen LogP contribution is -2.18. The standard InChI is InChI=1S/C11H16N2O5/c14-8-12-7-3-1-2-4-11(17)18-13-9(15)5-6-10(13)16/h5-6,8,15-16H,1-4,7H2,(H,12,14). The maximum Gasteiger partial charge on any atom is 0.333 e. The molecule has 0 atom stereocenters. The van der Waals surface area contributed by atoms with E-state index in [-0.39, 0.29) is 18.2 Å². The molecule has 0 fully saturated rings. The van der Waals surface area contributed by atoms with Gasteiger partial charge in [0.05, 0.1) is 0 Å². The maximum atomic E-state index is 11.4. The molecule has 0 aliphatic heterocycles. The monoisotopic (exact) mass is 256 g/mol. The lowest BCUT2D eigenvalue weighted by Gasteiger charge is -2.06. The number of nitrogens with zero attached hydrogens (tertiary/aromatic N) is 1. The molecule has 7 heteroatoms. The van der Waals surface area contributed by atoms with E-state index in [1.54, 1.807) is 0 Å². The molecule has 3 N–H and O–H groups in total. The highest BCUT2D eigenvalue weighted by Crippen LogP contribution is 2.18. The van der Waals surface area contributed by atoms with Gasteiger partial charge in [0.15, 0.2) is 0 Å². The Bertz CT molecular complexity index is 383. The van der Waals surface area contributed by atoms with Crippen molar-refractivity contribution in [2.24, 2.45) is 0 Å². The van der Waals surface area contributed by atoms with Crippen molar-refractivity contribution in [3.63, 3.8) is 0 Å². The number of carbonyl (C=O) groups is 2. The largest absolute Gasteiger partial charge is 0.492 e. The van der Waals surface area contributed by atoms with E-state index >= 15 is 0 Å². The van der Waals surface area contributed by atoms with Crippen molar-refractivity contribution in [1.29, 1.82) is 0 Å². The zero-order chi connectivity index (χ0) is 13.4. The number of aromatic nitrogens is 1. The molecule has 0 aliphatic rings. The fourth-order valence-corrected chi connectivity index (χ4v) is 1.37. The van der Waals surface area contributed by atoms with Gasteiger partial charge in [0.2, 0.25) is 18.2 Å². The van der Waals surface area contributed by atoms with E-state index in [2.05, 4.69) is 5.32 Å². The second-order valence-electron chi connectivity index (χ2n) is 3.69. The maximum absolute atomic E-state index is 11.4. The van der Waals surface area contributed by atoms with Crippen molar-refractivity contribution in [2.75, 3.05) is 6.54 Å². The minimum atomic E-state index is -0.542. The Morgan fingerprint density at radius 2 is 1.94 bits per heavy atom. The summed E-state index contributed by atoms with van der Waals surface area (Å²) >= 11 is 0. The van der Waals surface area contributed by atoms with E-state index in [0.717, 1.165) is 12.8 Å². The van der Waals surface area contributed by atoms with Crippen LogP contribution in [-0.4, -0.2) is 33.9 Å². The van der Waals surface area contributed by atoms with Gasteiger partial charge in [-0.15, -0.1) is 4.73 Å². The summed E-state index contributed by atoms with van der Waals surface area (Å²) in [5.41, 5.74) is 0. The van der Waals surface area contributed by atoms with Crippen LogP contribution in [-0.2, 0) is 9.59 Å². The summed E-state index contributed by atoms with van der Waals surface area (Å²) in [6, 6.07) is 2.43. The van der Waals surface area contributed by atoms with E-state index in [1.807, 2.05) is 0 Å². The summed E-state index contributed by atoms with van der Waals surface area (Å²) in [4.78, 5) is 26.1. The van der Waals surface area contributed by atoms with Gasteiger partial charge in [-0.2, -0.15) is 0 Å². The van der Waals surface area contributed by atoms with Gasteiger partial charge in [-0.25, -0.2) is 4.79 Å². The molecule has 18 heavy (non-hydrogen) atoms. The lowest BCUT2D eigenvalue weighted by molar-refractivity contribution is -0.145. The number of unbranched alkanes of at least 4 members (excludes halogenated alkanes) is 2. The number of hydrogen-bond acceptors (Lipinski definition) is 5. The fourth-order valence-electron chi connectivity index (χ4n) is 1.37. The van der Waals surface area contributed by atoms with E-state index in [0.29, 0.717) is 24.1 Å². The quantitative estimate of drug-likeness (QED) is 0.454. The van der Waals surface area contributed by atoms with Crippen molar-refractivity contribution in [1.82, 2.24) is 10.0 Å². The van der Waals surface area contributed by atoms with Gasteiger partial charge in [-0.1, -0.05) is 6.42 Å². The molecule has 0 aliphatic carbocycles. The first-order valence-electron chi connectivity index (χ1n) is 5.63. The molecule has 100 valence electrons. The first kappa shape index (κ1) is 13.9. The third-order valence-corrected chi connectivity index (χ3v) is 2.28. The predicted molar refractivity (Wildman–Crippen MR) is 61.9 cm³/mol. The van der Waals surface area contributed by atoms with Crippen LogP contribution in [0.1, 0.15) is 25.7 Å². The van der Waals surface area contributed by atoms with E-state index in [9.17, 15) is 19.8 Å². The number of carbonyl (C=O) groups excluding carboxylic acids is 2. The SMILES string of the molecule is O=CNCCCCCC(=O)On1c(O)ccc1O. The molecule has 1 amide bonds. The Kier molecular flexibility index (Phi) is 5.56. The molecule has 0 bridgehead atoms. The van der Waals surface area contributed by atoms with E-state index in [4.69, 9.17) is 4.84 Å². The Hall–Kier alpha value is -2.18. The number of hydrogen-bond donors (Lipinski definition) is 3. The summed E-state index contributed by atoms with van der Waals surface area (Å²) in [6.45, 7) is 0.581. The lowest BCUT2D eigenvalue weighted by atomic mass is 10.2. The normalized spacial score (nSPS) is 10.0. The predicted octanol–water partition coefficient (Wildman–Crippen LogP) is 0.161. The summed E-state index contributed by atoms with van der Waals surface area (Å²) in [6.07, 6.45) is 2.98. The van der Waals surface area contributed by atoms with Crippen LogP contribution < -0.4 is 10.2 Å². The molecule has 1 rings (SSSR count). The van der Waals surface area contributed by atoms with Crippen molar-refractivity contribution >= 4 is 12.4 Å². The van der Waals surface area contributed by atoms with Gasteiger partial charge >= 0.3 is 5.97 Å². The Balaban J connectivity index is 2.20. The molecule has 0 radical (unpaired) electrons. The van der Waals surface area contributed by atoms with E-state index in [1.165, 1.54) is 12.1 Å². The minimum absolute atomic E-state index is 0.179. The van der Waals surface area contributed by atoms with Crippen LogP contribution in [0.5, 0.6) is 11.8 Å². The first-order chi connectivity index (χ1) is 8.65. The Morgan fingerprint density at radius 1 is 1.28 bits per heavy atom. The topological polar surface area (TPSA) is 101 Å². The fraction of sp³-hybridized carbons (Fsp3) is 0.455. The van der Waals surface area contributed by atoms with Crippen LogP contribution in [0.15, 0.2) is 12.1 Å². The number of aromatic hydroxyl groups is 2. The molecule has 7 nitrogen and oxygen atoms in total. The molecule has 0 unspecified atom stereocenters. The molecule has 1 aromatic rings. The third-order valence-electron chi connectivity index (χ3n) is 2.28. The van der Waals surface area contributed by atoms with Crippen LogP contribution in [0.3, 0.4) is 0 Å². The van der Waals surface area contributed by atoms with Gasteiger partial charge in [0.1, 0.15) is 0 Å². The Labute approximate surface area is 104 Å². The van der Waals surface area contributed by atoms with Crippen molar-refractivity contribution in [3.8, 4) is 11.8 Å². The van der Waals surface area contributed by atoms with Gasteiger partial charge in [0.25, 0.3) is 0 Å². The number of rotatable bonds is 8. The molecular weight excluding hydrogens is 240 g/mol. The van der Waals surface area contributed by atoms with Gasteiger partial charge in [0, 0.05) is 25.1 Å². The van der Waals surface area contributed by atoms with Crippen molar-refractivity contribution in [2.45, 2.75) is 25.7 Å². The zero-order valence-corrected chi connectivity index (χ0v) is 9.83. The van der Waals surface area contributed by atoms with Crippen LogP contribution in [0.25, 0.3) is 0 Å². The smallest absolute Gasteiger partial charge is 0.333 e. The highest BCUT2D eigenvalue weighted by atomic mass is 16.7. The molecule has 1 aromatic heterocycles. The molecular formula is C11H16N2O5. The molecule has 0 spiro atoms. The second kappa shape index (κ2) is 7.21. The summed E-state index contributed by atoms with van der Waals surface area (Å²) in [5, 5.41) is 21.0. The van der Waals surface area contributed by atoms with Crippen molar-refractivity contribution < 1.29 is 24.6 Å². The van der Waals surface area contributed by atoms with Gasteiger partial charge < -0.3 is 20.4 Å². The van der Waals surface area contributed by atoms with Crippen LogP contribution in [0.4, 0.5) is 0 Å². The minimum Gasteiger partial charge on any atom is -0.492 e. The highest BCUT2D eigenvalue weighted by molar-refractivity contribution is 5.69. The molecule has 0 saturated heterocycles. The average Bonchev–Trinajstić information content (AvgIpc) is 2.65. The molecule has 0 aromatic carbocycles. The first-order valence-corrected chi connectivity index (χ1v) is 5.63. The average molecular weight is 256 g/mol. The second-order valence-corrected chi connectivity index (χ2v) is 3.69. The van der Waals surface area contributed by atoms with Crippen LogP contribution in [0.2, 0.25) is 0 Å². The molecule has 0 saturated carbocycles.